The summed E-state index contributed by atoms with van der Waals surface area (Å²) in [7, 11) is 4.81. The van der Waals surface area contributed by atoms with Crippen molar-refractivity contribution in [2.45, 2.75) is 11.9 Å². The van der Waals surface area contributed by atoms with E-state index in [1.807, 2.05) is 39.8 Å². The molecule has 29 heavy (non-hydrogen) atoms. The third-order valence-electron chi connectivity index (χ3n) is 5.05. The minimum atomic E-state index is -0.146. The number of para-hydroxylation sites is 2. The Bertz CT molecular complexity index is 1040. The van der Waals surface area contributed by atoms with Crippen LogP contribution in [0.2, 0.25) is 0 Å². The summed E-state index contributed by atoms with van der Waals surface area (Å²) in [5.41, 5.74) is 2.73. The summed E-state index contributed by atoms with van der Waals surface area (Å²) >= 11 is 1.71. The fourth-order valence-corrected chi connectivity index (χ4v) is 4.89. The normalized spacial score (nSPS) is 16.2. The number of ether oxygens (including phenoxy) is 3. The molecule has 1 saturated heterocycles. The van der Waals surface area contributed by atoms with E-state index in [-0.39, 0.29) is 17.8 Å². The zero-order valence-electron chi connectivity index (χ0n) is 16.6. The fraction of sp³-hybridized carbons (Fsp3) is 0.333. The largest absolute Gasteiger partial charge is 0.496 e. The molecule has 3 aromatic rings. The van der Waals surface area contributed by atoms with Gasteiger partial charge in [-0.25, -0.2) is 4.98 Å². The summed E-state index contributed by atoms with van der Waals surface area (Å²) in [5, 5.41) is -0.146. The predicted molar refractivity (Wildman–Crippen MR) is 113 cm³/mol. The van der Waals surface area contributed by atoms with Crippen LogP contribution in [0, 0.1) is 0 Å². The molecular weight excluding hydrogens is 390 g/mol. The molecule has 2 heterocycles. The van der Waals surface area contributed by atoms with Gasteiger partial charge >= 0.3 is 0 Å². The summed E-state index contributed by atoms with van der Waals surface area (Å²) in [4.78, 5) is 19.5. The van der Waals surface area contributed by atoms with Gasteiger partial charge in [-0.15, -0.1) is 11.8 Å². The van der Waals surface area contributed by atoms with Crippen LogP contribution in [0.15, 0.2) is 42.7 Å². The van der Waals surface area contributed by atoms with E-state index in [1.165, 1.54) is 0 Å². The number of rotatable bonds is 6. The highest BCUT2D eigenvalue weighted by Gasteiger charge is 2.33. The lowest BCUT2D eigenvalue weighted by Gasteiger charge is -2.26. The average molecular weight is 413 g/mol. The van der Waals surface area contributed by atoms with Crippen LogP contribution in [-0.4, -0.2) is 54.0 Å². The van der Waals surface area contributed by atoms with Gasteiger partial charge in [0.1, 0.15) is 17.7 Å². The number of carbonyl (C=O) groups is 1. The van der Waals surface area contributed by atoms with Crippen LogP contribution in [0.1, 0.15) is 10.9 Å². The lowest BCUT2D eigenvalue weighted by Crippen LogP contribution is -2.33. The summed E-state index contributed by atoms with van der Waals surface area (Å²) in [6, 6.07) is 11.5. The molecule has 152 valence electrons. The molecule has 2 aromatic carbocycles. The third-order valence-corrected chi connectivity index (χ3v) is 6.29. The summed E-state index contributed by atoms with van der Waals surface area (Å²) < 4.78 is 18.3. The van der Waals surface area contributed by atoms with Gasteiger partial charge in [0.05, 0.1) is 38.7 Å². The number of carbonyl (C=O) groups excluding carboxylic acids is 1. The number of imidazole rings is 1. The maximum absolute atomic E-state index is 13.2. The van der Waals surface area contributed by atoms with Gasteiger partial charge < -0.3 is 23.7 Å². The van der Waals surface area contributed by atoms with Gasteiger partial charge in [-0.05, 0) is 18.2 Å². The number of hydrogen-bond donors (Lipinski definition) is 0. The van der Waals surface area contributed by atoms with E-state index in [2.05, 4.69) is 4.98 Å². The Kier molecular flexibility index (Phi) is 5.53. The van der Waals surface area contributed by atoms with E-state index in [0.29, 0.717) is 23.8 Å². The molecule has 1 amide bonds. The first-order chi connectivity index (χ1) is 14.2. The molecule has 4 rings (SSSR count). The number of thioether (sulfide) groups is 1. The number of fused-ring (bicyclic) bond motifs is 1. The summed E-state index contributed by atoms with van der Waals surface area (Å²) in [5.74, 6) is 2.79. The SMILES string of the molecule is COc1cc(OC)c(C2SCCN2C(=O)Cn2cnc3ccccc32)cc1OC. The highest BCUT2D eigenvalue weighted by atomic mass is 32.2. The monoisotopic (exact) mass is 413 g/mol. The Hall–Kier alpha value is -2.87. The quantitative estimate of drug-likeness (QED) is 0.618. The molecule has 0 saturated carbocycles. The predicted octanol–water partition coefficient (Wildman–Crippen LogP) is 3.34. The van der Waals surface area contributed by atoms with E-state index in [0.717, 1.165) is 22.3 Å². The van der Waals surface area contributed by atoms with Crippen molar-refractivity contribution in [2.24, 2.45) is 0 Å². The Balaban J connectivity index is 1.63. The topological polar surface area (TPSA) is 65.8 Å². The molecule has 7 nitrogen and oxygen atoms in total. The molecule has 0 aliphatic carbocycles. The Morgan fingerprint density at radius 2 is 1.83 bits per heavy atom. The number of aromatic nitrogens is 2. The zero-order chi connectivity index (χ0) is 20.4. The van der Waals surface area contributed by atoms with Crippen molar-refractivity contribution in [2.75, 3.05) is 33.6 Å². The van der Waals surface area contributed by atoms with Crippen LogP contribution < -0.4 is 14.2 Å². The summed E-state index contributed by atoms with van der Waals surface area (Å²) in [6.45, 7) is 0.922. The highest BCUT2D eigenvalue weighted by Crippen LogP contribution is 2.46. The molecule has 0 spiro atoms. The number of amides is 1. The second-order valence-electron chi connectivity index (χ2n) is 6.62. The van der Waals surface area contributed by atoms with Crippen LogP contribution in [0.4, 0.5) is 0 Å². The van der Waals surface area contributed by atoms with Crippen molar-refractivity contribution in [3.05, 3.63) is 48.3 Å². The number of methoxy groups -OCH3 is 3. The third kappa shape index (κ3) is 3.60. The molecule has 0 bridgehead atoms. The molecular formula is C21H23N3O4S. The van der Waals surface area contributed by atoms with E-state index < -0.39 is 0 Å². The average Bonchev–Trinajstić information content (AvgIpc) is 3.40. The van der Waals surface area contributed by atoms with Crippen molar-refractivity contribution >= 4 is 28.7 Å². The minimum Gasteiger partial charge on any atom is -0.496 e. The lowest BCUT2D eigenvalue weighted by molar-refractivity contribution is -0.131. The van der Waals surface area contributed by atoms with Crippen molar-refractivity contribution in [3.8, 4) is 17.2 Å². The minimum absolute atomic E-state index is 0.0417. The molecule has 1 aliphatic rings. The van der Waals surface area contributed by atoms with Crippen LogP contribution in [-0.2, 0) is 11.3 Å². The summed E-state index contributed by atoms with van der Waals surface area (Å²) in [6.07, 6.45) is 1.72. The van der Waals surface area contributed by atoms with E-state index in [4.69, 9.17) is 14.2 Å². The molecule has 1 unspecified atom stereocenters. The standard InChI is InChI=1S/C21H23N3O4S/c1-26-17-11-19(28-3)18(27-2)10-14(17)21-24(8-9-29-21)20(25)12-23-13-22-15-6-4-5-7-16(15)23/h4-7,10-11,13,21H,8-9,12H2,1-3H3. The maximum Gasteiger partial charge on any atom is 0.243 e. The van der Waals surface area contributed by atoms with E-state index in [9.17, 15) is 4.79 Å². The highest BCUT2D eigenvalue weighted by molar-refractivity contribution is 7.99. The number of nitrogens with zero attached hydrogens (tertiary/aromatic N) is 3. The molecule has 1 aliphatic heterocycles. The first-order valence-electron chi connectivity index (χ1n) is 9.27. The van der Waals surface area contributed by atoms with Gasteiger partial charge in [0, 0.05) is 23.9 Å². The Labute approximate surface area is 173 Å². The van der Waals surface area contributed by atoms with Gasteiger partial charge in [-0.3, -0.25) is 4.79 Å². The second-order valence-corrected chi connectivity index (χ2v) is 7.81. The molecule has 1 fully saturated rings. The molecule has 1 aromatic heterocycles. The van der Waals surface area contributed by atoms with Crippen LogP contribution in [0.3, 0.4) is 0 Å². The first kappa shape index (κ1) is 19.4. The number of benzene rings is 2. The first-order valence-corrected chi connectivity index (χ1v) is 10.3. The van der Waals surface area contributed by atoms with Gasteiger partial charge in [-0.2, -0.15) is 0 Å². The van der Waals surface area contributed by atoms with Crippen molar-refractivity contribution in [3.63, 3.8) is 0 Å². The van der Waals surface area contributed by atoms with Crippen LogP contribution in [0.5, 0.6) is 17.2 Å². The van der Waals surface area contributed by atoms with Crippen molar-refractivity contribution in [1.82, 2.24) is 14.5 Å². The van der Waals surface area contributed by atoms with Crippen molar-refractivity contribution < 1.29 is 19.0 Å². The fourth-order valence-electron chi connectivity index (χ4n) is 3.60. The van der Waals surface area contributed by atoms with E-state index in [1.54, 1.807) is 45.5 Å². The Morgan fingerprint density at radius 3 is 2.59 bits per heavy atom. The van der Waals surface area contributed by atoms with Gasteiger partial charge in [-0.1, -0.05) is 12.1 Å². The molecule has 0 radical (unpaired) electrons. The van der Waals surface area contributed by atoms with Gasteiger partial charge in [0.15, 0.2) is 11.5 Å². The van der Waals surface area contributed by atoms with Crippen LogP contribution in [0.25, 0.3) is 11.0 Å². The molecule has 8 heteroatoms. The maximum atomic E-state index is 13.2. The molecule has 0 N–H and O–H groups in total. The second kappa shape index (κ2) is 8.24. The van der Waals surface area contributed by atoms with Gasteiger partial charge in [0.2, 0.25) is 5.91 Å². The lowest BCUT2D eigenvalue weighted by atomic mass is 10.1. The van der Waals surface area contributed by atoms with Crippen LogP contribution >= 0.6 is 11.8 Å². The van der Waals surface area contributed by atoms with E-state index >= 15 is 0 Å². The molecule has 1 atom stereocenters. The van der Waals surface area contributed by atoms with Gasteiger partial charge in [0.25, 0.3) is 0 Å². The van der Waals surface area contributed by atoms with Crippen molar-refractivity contribution in [1.29, 1.82) is 0 Å². The smallest absolute Gasteiger partial charge is 0.243 e. The zero-order valence-corrected chi connectivity index (χ0v) is 17.4. The Morgan fingerprint density at radius 1 is 1.10 bits per heavy atom. The number of hydrogen-bond acceptors (Lipinski definition) is 6.